The van der Waals surface area contributed by atoms with Gasteiger partial charge >= 0.3 is 0 Å². The number of amides is 1. The molecule has 0 aromatic rings. The minimum Gasteiger partial charge on any atom is -0.381 e. The Morgan fingerprint density at radius 3 is 2.77 bits per heavy atom. The molecule has 0 spiro atoms. The van der Waals surface area contributed by atoms with Crippen molar-refractivity contribution in [2.75, 3.05) is 38.6 Å². The van der Waals surface area contributed by atoms with E-state index in [4.69, 9.17) is 4.74 Å². The molecule has 1 amide bonds. The van der Waals surface area contributed by atoms with Gasteiger partial charge in [0.05, 0.1) is 11.9 Å². The highest BCUT2D eigenvalue weighted by Crippen LogP contribution is 2.18. The molecule has 0 radical (unpaired) electrons. The zero-order chi connectivity index (χ0) is 15.8. The molecule has 0 aromatic heterocycles. The van der Waals surface area contributed by atoms with Crippen LogP contribution in [0.4, 0.5) is 0 Å². The lowest BCUT2D eigenvalue weighted by Crippen LogP contribution is -2.47. The molecule has 2 fully saturated rings. The first kappa shape index (κ1) is 18.1. The van der Waals surface area contributed by atoms with Crippen molar-refractivity contribution in [3.8, 4) is 0 Å². The molecule has 2 aliphatic rings. The summed E-state index contributed by atoms with van der Waals surface area (Å²) in [5.74, 6) is 2.04. The lowest BCUT2D eigenvalue weighted by Gasteiger charge is -2.34. The SMILES string of the molecule is CCCCS[C@@H](C)C(=O)NC1CCN(C[C@H]2CCOC2)CC1. The van der Waals surface area contributed by atoms with Crippen molar-refractivity contribution >= 4 is 17.7 Å². The Morgan fingerprint density at radius 1 is 1.36 bits per heavy atom. The zero-order valence-corrected chi connectivity index (χ0v) is 15.0. The topological polar surface area (TPSA) is 41.6 Å². The maximum Gasteiger partial charge on any atom is 0.233 e. The van der Waals surface area contributed by atoms with Gasteiger partial charge in [0.2, 0.25) is 5.91 Å². The van der Waals surface area contributed by atoms with Crippen LogP contribution in [0.5, 0.6) is 0 Å². The van der Waals surface area contributed by atoms with E-state index in [1.54, 1.807) is 11.8 Å². The molecule has 2 rings (SSSR count). The number of nitrogens with one attached hydrogen (secondary N) is 1. The van der Waals surface area contributed by atoms with Gasteiger partial charge in [0.15, 0.2) is 0 Å². The molecule has 0 aliphatic carbocycles. The van der Waals surface area contributed by atoms with Crippen molar-refractivity contribution in [1.29, 1.82) is 0 Å². The summed E-state index contributed by atoms with van der Waals surface area (Å²) >= 11 is 1.78. The molecule has 0 bridgehead atoms. The second-order valence-electron chi connectivity index (χ2n) is 6.68. The van der Waals surface area contributed by atoms with E-state index in [-0.39, 0.29) is 11.2 Å². The molecule has 2 saturated heterocycles. The van der Waals surface area contributed by atoms with Crippen LogP contribution in [0.15, 0.2) is 0 Å². The fourth-order valence-electron chi connectivity index (χ4n) is 3.15. The number of nitrogens with zero attached hydrogens (tertiary/aromatic N) is 1. The Balaban J connectivity index is 1.60. The number of rotatable bonds is 8. The molecule has 128 valence electrons. The van der Waals surface area contributed by atoms with Gasteiger partial charge in [-0.25, -0.2) is 0 Å². The summed E-state index contributed by atoms with van der Waals surface area (Å²) in [6.45, 7) is 9.48. The molecule has 22 heavy (non-hydrogen) atoms. The minimum atomic E-state index is 0.0835. The smallest absolute Gasteiger partial charge is 0.233 e. The summed E-state index contributed by atoms with van der Waals surface area (Å²) in [6.07, 6.45) is 5.79. The van der Waals surface area contributed by atoms with E-state index in [1.165, 1.54) is 25.8 Å². The van der Waals surface area contributed by atoms with Crippen LogP contribution in [0.1, 0.15) is 46.0 Å². The molecule has 0 aromatic carbocycles. The minimum absolute atomic E-state index is 0.0835. The number of hydrogen-bond donors (Lipinski definition) is 1. The molecule has 2 heterocycles. The molecular formula is C17H32N2O2S. The van der Waals surface area contributed by atoms with E-state index in [0.29, 0.717) is 6.04 Å². The van der Waals surface area contributed by atoms with Crippen molar-refractivity contribution < 1.29 is 9.53 Å². The van der Waals surface area contributed by atoms with Crippen LogP contribution in [0, 0.1) is 5.92 Å². The average Bonchev–Trinajstić information content (AvgIpc) is 3.02. The van der Waals surface area contributed by atoms with Gasteiger partial charge in [-0.15, -0.1) is 11.8 Å². The van der Waals surface area contributed by atoms with E-state index < -0.39 is 0 Å². The fraction of sp³-hybridized carbons (Fsp3) is 0.941. The summed E-state index contributed by atoms with van der Waals surface area (Å²) in [5.41, 5.74) is 0. The molecule has 5 heteroatoms. The number of hydrogen-bond acceptors (Lipinski definition) is 4. The molecule has 1 N–H and O–H groups in total. The predicted octanol–water partition coefficient (Wildman–Crippen LogP) is 2.53. The first-order valence-electron chi connectivity index (χ1n) is 8.91. The van der Waals surface area contributed by atoms with Gasteiger partial charge in [0.25, 0.3) is 0 Å². The lowest BCUT2D eigenvalue weighted by atomic mass is 10.0. The predicted molar refractivity (Wildman–Crippen MR) is 93.4 cm³/mol. The third-order valence-electron chi connectivity index (χ3n) is 4.71. The standard InChI is InChI=1S/C17H32N2O2S/c1-3-4-11-22-14(2)17(20)18-16-5-8-19(9-6-16)12-15-7-10-21-13-15/h14-16H,3-13H2,1-2H3,(H,18,20)/t14-,15+/m0/s1. The highest BCUT2D eigenvalue weighted by Gasteiger charge is 2.25. The Labute approximate surface area is 139 Å². The third-order valence-corrected chi connectivity index (χ3v) is 5.95. The van der Waals surface area contributed by atoms with Crippen molar-refractivity contribution in [3.63, 3.8) is 0 Å². The molecule has 2 aliphatic heterocycles. The maximum atomic E-state index is 12.2. The summed E-state index contributed by atoms with van der Waals surface area (Å²) in [7, 11) is 0. The van der Waals surface area contributed by atoms with Crippen molar-refractivity contribution in [3.05, 3.63) is 0 Å². The van der Waals surface area contributed by atoms with Gasteiger partial charge in [-0.3, -0.25) is 4.79 Å². The van der Waals surface area contributed by atoms with E-state index >= 15 is 0 Å². The van der Waals surface area contributed by atoms with E-state index in [1.807, 2.05) is 6.92 Å². The van der Waals surface area contributed by atoms with Gasteiger partial charge in [0, 0.05) is 32.3 Å². The van der Waals surface area contributed by atoms with Gasteiger partial charge < -0.3 is 15.0 Å². The Bertz CT molecular complexity index is 327. The summed E-state index contributed by atoms with van der Waals surface area (Å²) in [6, 6.07) is 0.373. The van der Waals surface area contributed by atoms with Crippen LogP contribution in [-0.4, -0.2) is 60.7 Å². The molecule has 4 nitrogen and oxygen atoms in total. The van der Waals surface area contributed by atoms with E-state index in [9.17, 15) is 4.79 Å². The van der Waals surface area contributed by atoms with Crippen molar-refractivity contribution in [1.82, 2.24) is 10.2 Å². The second kappa shape index (κ2) is 9.78. The van der Waals surface area contributed by atoms with E-state index in [2.05, 4.69) is 17.1 Å². The largest absolute Gasteiger partial charge is 0.381 e. The van der Waals surface area contributed by atoms with Crippen LogP contribution in [-0.2, 0) is 9.53 Å². The summed E-state index contributed by atoms with van der Waals surface area (Å²) < 4.78 is 5.45. The number of carbonyl (C=O) groups excluding carboxylic acids is 1. The first-order valence-corrected chi connectivity index (χ1v) is 9.96. The molecule has 0 saturated carbocycles. The number of carbonyl (C=O) groups is 1. The quantitative estimate of drug-likeness (QED) is 0.695. The second-order valence-corrected chi connectivity index (χ2v) is 8.13. The average molecular weight is 329 g/mol. The molecule has 2 atom stereocenters. The zero-order valence-electron chi connectivity index (χ0n) is 14.2. The third kappa shape index (κ3) is 6.09. The molecular weight excluding hydrogens is 296 g/mol. The highest BCUT2D eigenvalue weighted by molar-refractivity contribution is 8.00. The Morgan fingerprint density at radius 2 is 2.14 bits per heavy atom. The van der Waals surface area contributed by atoms with Gasteiger partial charge in [-0.2, -0.15) is 0 Å². The monoisotopic (exact) mass is 328 g/mol. The maximum absolute atomic E-state index is 12.2. The number of piperidine rings is 1. The van der Waals surface area contributed by atoms with Crippen LogP contribution >= 0.6 is 11.8 Å². The first-order chi connectivity index (χ1) is 10.7. The number of likely N-dealkylation sites (tertiary alicyclic amines) is 1. The summed E-state index contributed by atoms with van der Waals surface area (Å²) in [5, 5.41) is 3.33. The fourth-order valence-corrected chi connectivity index (χ4v) is 4.18. The summed E-state index contributed by atoms with van der Waals surface area (Å²) in [4.78, 5) is 14.7. The van der Waals surface area contributed by atoms with Gasteiger partial charge in [0.1, 0.15) is 0 Å². The Kier molecular flexibility index (Phi) is 8.04. The highest BCUT2D eigenvalue weighted by atomic mass is 32.2. The van der Waals surface area contributed by atoms with Crippen LogP contribution < -0.4 is 5.32 Å². The number of thioether (sulfide) groups is 1. The van der Waals surface area contributed by atoms with E-state index in [0.717, 1.165) is 50.8 Å². The Hall–Kier alpha value is -0.260. The van der Waals surface area contributed by atoms with Gasteiger partial charge in [-0.05, 0) is 44.3 Å². The van der Waals surface area contributed by atoms with Crippen molar-refractivity contribution in [2.45, 2.75) is 57.2 Å². The van der Waals surface area contributed by atoms with Crippen LogP contribution in [0.3, 0.4) is 0 Å². The number of ether oxygens (including phenoxy) is 1. The van der Waals surface area contributed by atoms with Crippen molar-refractivity contribution in [2.24, 2.45) is 5.92 Å². The normalized spacial score (nSPS) is 25.3. The van der Waals surface area contributed by atoms with Crippen LogP contribution in [0.2, 0.25) is 0 Å². The number of unbranched alkanes of at least 4 members (excludes halogenated alkanes) is 1. The molecule has 0 unspecified atom stereocenters. The lowest BCUT2D eigenvalue weighted by molar-refractivity contribution is -0.121. The van der Waals surface area contributed by atoms with Gasteiger partial charge in [-0.1, -0.05) is 13.3 Å². The van der Waals surface area contributed by atoms with Crippen LogP contribution in [0.25, 0.3) is 0 Å².